The first-order valence-corrected chi connectivity index (χ1v) is 8.94. The molecule has 0 radical (unpaired) electrons. The zero-order valence-electron chi connectivity index (χ0n) is 11.7. The predicted molar refractivity (Wildman–Crippen MR) is 83.6 cm³/mol. The summed E-state index contributed by atoms with van der Waals surface area (Å²) in [5.74, 6) is -1.07. The van der Waals surface area contributed by atoms with Crippen LogP contribution in [0.1, 0.15) is 18.0 Å². The Morgan fingerprint density at radius 3 is 2.68 bits per heavy atom. The van der Waals surface area contributed by atoms with Crippen LogP contribution < -0.4 is 4.72 Å². The lowest BCUT2D eigenvalue weighted by atomic mass is 10.1. The number of halogens is 1. The fourth-order valence-electron chi connectivity index (χ4n) is 2.17. The summed E-state index contributed by atoms with van der Waals surface area (Å²) in [6.07, 6.45) is -0.333. The van der Waals surface area contributed by atoms with E-state index < -0.39 is 22.2 Å². The molecule has 1 fully saturated rings. The molecule has 1 aromatic rings. The zero-order valence-corrected chi connectivity index (χ0v) is 14.1. The smallest absolute Gasteiger partial charge is 0.305 e. The highest BCUT2D eigenvalue weighted by molar-refractivity contribution is 9.10. The van der Waals surface area contributed by atoms with Crippen molar-refractivity contribution in [2.75, 3.05) is 26.3 Å². The summed E-state index contributed by atoms with van der Waals surface area (Å²) in [5, 5.41) is 9.04. The summed E-state index contributed by atoms with van der Waals surface area (Å²) < 4.78 is 34.4. The molecule has 0 aromatic heterocycles. The standard InChI is InChI=1S/C13H17BrN2O5S/c14-11-3-1-2-10(8-11)12(9-13(17)18)15-22(19,20)16-4-6-21-7-5-16/h1-3,8,12,15H,4-7,9H2,(H,17,18). The first-order chi connectivity index (χ1) is 10.4. The van der Waals surface area contributed by atoms with Gasteiger partial charge in [0.25, 0.3) is 10.2 Å². The van der Waals surface area contributed by atoms with Crippen LogP contribution >= 0.6 is 15.9 Å². The number of carbonyl (C=O) groups is 1. The largest absolute Gasteiger partial charge is 0.481 e. The maximum absolute atomic E-state index is 12.4. The lowest BCUT2D eigenvalue weighted by molar-refractivity contribution is -0.137. The van der Waals surface area contributed by atoms with E-state index in [4.69, 9.17) is 9.84 Å². The Balaban J connectivity index is 2.20. The number of hydrogen-bond donors (Lipinski definition) is 2. The average Bonchev–Trinajstić information content (AvgIpc) is 2.47. The maximum Gasteiger partial charge on any atom is 0.305 e. The van der Waals surface area contributed by atoms with E-state index in [1.807, 2.05) is 0 Å². The normalized spacial score (nSPS) is 18.0. The van der Waals surface area contributed by atoms with Gasteiger partial charge in [-0.15, -0.1) is 0 Å². The van der Waals surface area contributed by atoms with Crippen molar-refractivity contribution >= 4 is 32.1 Å². The molecule has 1 aliphatic heterocycles. The fourth-order valence-corrected chi connectivity index (χ4v) is 3.94. The third-order valence-corrected chi connectivity index (χ3v) is 5.35. The number of nitrogens with zero attached hydrogens (tertiary/aromatic N) is 1. The van der Waals surface area contributed by atoms with Gasteiger partial charge in [-0.3, -0.25) is 4.79 Å². The maximum atomic E-state index is 12.4. The number of hydrogen-bond acceptors (Lipinski definition) is 4. The number of ether oxygens (including phenoxy) is 1. The van der Waals surface area contributed by atoms with Crippen LogP contribution in [0.4, 0.5) is 0 Å². The van der Waals surface area contributed by atoms with Crippen LogP contribution in [0, 0.1) is 0 Å². The van der Waals surface area contributed by atoms with Gasteiger partial charge in [0.1, 0.15) is 0 Å². The Morgan fingerprint density at radius 1 is 1.41 bits per heavy atom. The van der Waals surface area contributed by atoms with Gasteiger partial charge in [-0.1, -0.05) is 28.1 Å². The van der Waals surface area contributed by atoms with E-state index in [1.54, 1.807) is 24.3 Å². The SMILES string of the molecule is O=C(O)CC(NS(=O)(=O)N1CCOCC1)c1cccc(Br)c1. The number of nitrogens with one attached hydrogen (secondary N) is 1. The fraction of sp³-hybridized carbons (Fsp3) is 0.462. The second-order valence-electron chi connectivity index (χ2n) is 4.84. The summed E-state index contributed by atoms with van der Waals surface area (Å²) in [4.78, 5) is 11.0. The Labute approximate surface area is 137 Å². The molecule has 9 heteroatoms. The molecule has 1 heterocycles. The molecular weight excluding hydrogens is 376 g/mol. The van der Waals surface area contributed by atoms with Crippen molar-refractivity contribution in [3.05, 3.63) is 34.3 Å². The minimum absolute atomic E-state index is 0.258. The molecule has 0 spiro atoms. The highest BCUT2D eigenvalue weighted by Gasteiger charge is 2.28. The van der Waals surface area contributed by atoms with Crippen molar-refractivity contribution < 1.29 is 23.1 Å². The quantitative estimate of drug-likeness (QED) is 0.756. The third-order valence-electron chi connectivity index (χ3n) is 3.23. The van der Waals surface area contributed by atoms with Crippen LogP contribution in [-0.2, 0) is 19.7 Å². The summed E-state index contributed by atoms with van der Waals surface area (Å²) in [6, 6.07) is 6.09. The van der Waals surface area contributed by atoms with Gasteiger partial charge in [0, 0.05) is 17.6 Å². The van der Waals surface area contributed by atoms with Crippen LogP contribution in [-0.4, -0.2) is 50.1 Å². The molecule has 1 aromatic carbocycles. The summed E-state index contributed by atoms with van der Waals surface area (Å²) in [5.41, 5.74) is 0.591. The van der Waals surface area contributed by atoms with E-state index in [2.05, 4.69) is 20.7 Å². The Kier molecular flexibility index (Phi) is 5.93. The average molecular weight is 393 g/mol. The van der Waals surface area contributed by atoms with E-state index in [0.717, 1.165) is 4.47 Å². The van der Waals surface area contributed by atoms with E-state index in [1.165, 1.54) is 4.31 Å². The van der Waals surface area contributed by atoms with Crippen molar-refractivity contribution in [1.82, 2.24) is 9.03 Å². The van der Waals surface area contributed by atoms with Gasteiger partial charge >= 0.3 is 5.97 Å². The molecule has 122 valence electrons. The molecule has 7 nitrogen and oxygen atoms in total. The Morgan fingerprint density at radius 2 is 2.09 bits per heavy atom. The molecule has 0 amide bonds. The van der Waals surface area contributed by atoms with Crippen molar-refractivity contribution in [3.63, 3.8) is 0 Å². The van der Waals surface area contributed by atoms with Crippen LogP contribution in [0.25, 0.3) is 0 Å². The minimum atomic E-state index is -3.76. The van der Waals surface area contributed by atoms with Gasteiger partial charge in [0.2, 0.25) is 0 Å². The molecule has 0 saturated carbocycles. The molecule has 0 aliphatic carbocycles. The second-order valence-corrected chi connectivity index (χ2v) is 7.46. The number of morpholine rings is 1. The summed E-state index contributed by atoms with van der Waals surface area (Å²) >= 11 is 3.30. The van der Waals surface area contributed by atoms with Crippen LogP contribution in [0.3, 0.4) is 0 Å². The monoisotopic (exact) mass is 392 g/mol. The van der Waals surface area contributed by atoms with Crippen molar-refractivity contribution in [2.24, 2.45) is 0 Å². The van der Waals surface area contributed by atoms with Gasteiger partial charge < -0.3 is 9.84 Å². The van der Waals surface area contributed by atoms with Gasteiger partial charge in [-0.25, -0.2) is 0 Å². The number of aliphatic carboxylic acids is 1. The summed E-state index contributed by atoms with van der Waals surface area (Å²) in [7, 11) is -3.76. The molecule has 1 unspecified atom stereocenters. The molecule has 1 saturated heterocycles. The number of benzene rings is 1. The van der Waals surface area contributed by atoms with Gasteiger partial charge in [0.15, 0.2) is 0 Å². The van der Waals surface area contributed by atoms with Crippen LogP contribution in [0.15, 0.2) is 28.7 Å². The predicted octanol–water partition coefficient (Wildman–Crippen LogP) is 1.13. The van der Waals surface area contributed by atoms with Gasteiger partial charge in [-0.2, -0.15) is 17.4 Å². The van der Waals surface area contributed by atoms with E-state index in [0.29, 0.717) is 18.8 Å². The first-order valence-electron chi connectivity index (χ1n) is 6.71. The van der Waals surface area contributed by atoms with Gasteiger partial charge in [-0.05, 0) is 17.7 Å². The first kappa shape index (κ1) is 17.4. The number of carboxylic acids is 1. The van der Waals surface area contributed by atoms with Crippen molar-refractivity contribution in [1.29, 1.82) is 0 Å². The van der Waals surface area contributed by atoms with Crippen molar-refractivity contribution in [2.45, 2.75) is 12.5 Å². The van der Waals surface area contributed by atoms with Crippen LogP contribution in [0.2, 0.25) is 0 Å². The van der Waals surface area contributed by atoms with Crippen LogP contribution in [0.5, 0.6) is 0 Å². The highest BCUT2D eigenvalue weighted by Crippen LogP contribution is 2.22. The molecular formula is C13H17BrN2O5S. The number of carboxylic acid groups (broad SMARTS) is 1. The second kappa shape index (κ2) is 7.51. The van der Waals surface area contributed by atoms with E-state index in [9.17, 15) is 13.2 Å². The molecule has 2 N–H and O–H groups in total. The number of rotatable bonds is 6. The molecule has 1 aliphatic rings. The third kappa shape index (κ3) is 4.75. The van der Waals surface area contributed by atoms with Gasteiger partial charge in [0.05, 0.1) is 25.7 Å². The molecule has 0 bridgehead atoms. The Bertz CT molecular complexity index is 631. The van der Waals surface area contributed by atoms with E-state index >= 15 is 0 Å². The summed E-state index contributed by atoms with van der Waals surface area (Å²) in [6.45, 7) is 1.18. The molecule has 22 heavy (non-hydrogen) atoms. The van der Waals surface area contributed by atoms with E-state index in [-0.39, 0.29) is 19.5 Å². The lowest BCUT2D eigenvalue weighted by Gasteiger charge is -2.28. The Hall–Kier alpha value is -1.00. The zero-order chi connectivity index (χ0) is 16.2. The topological polar surface area (TPSA) is 95.9 Å². The lowest BCUT2D eigenvalue weighted by Crippen LogP contribution is -2.47. The van der Waals surface area contributed by atoms with Crippen molar-refractivity contribution in [3.8, 4) is 0 Å². The molecule has 1 atom stereocenters. The minimum Gasteiger partial charge on any atom is -0.481 e. The molecule has 2 rings (SSSR count). The highest BCUT2D eigenvalue weighted by atomic mass is 79.9.